The molecule has 12 heteroatoms. The highest BCUT2D eigenvalue weighted by atomic mass is 15.0. The molecule has 0 amide bonds. The lowest BCUT2D eigenvalue weighted by Gasteiger charge is -2.13. The Kier molecular flexibility index (Phi) is 19.0. The van der Waals surface area contributed by atoms with E-state index >= 15 is 0 Å². The molecule has 18 aromatic rings. The van der Waals surface area contributed by atoms with Crippen LogP contribution in [0.1, 0.15) is 0 Å². The van der Waals surface area contributed by atoms with Crippen molar-refractivity contribution in [3.05, 3.63) is 389 Å². The fourth-order valence-electron chi connectivity index (χ4n) is 13.1. The zero-order valence-corrected chi connectivity index (χ0v) is 58.3. The molecule has 0 aliphatic carbocycles. The van der Waals surface area contributed by atoms with Crippen LogP contribution in [0.2, 0.25) is 0 Å². The number of aromatic nitrogens is 12. The number of benzene rings is 10. The van der Waals surface area contributed by atoms with E-state index in [-0.39, 0.29) is 0 Å². The second-order valence-electron chi connectivity index (χ2n) is 25.6. The first-order valence-corrected chi connectivity index (χ1v) is 35.5. The van der Waals surface area contributed by atoms with Crippen LogP contribution >= 0.6 is 0 Å². The van der Waals surface area contributed by atoms with Gasteiger partial charge in [0.25, 0.3) is 0 Å². The van der Waals surface area contributed by atoms with Crippen LogP contribution in [-0.2, 0) is 0 Å². The van der Waals surface area contributed by atoms with Crippen LogP contribution < -0.4 is 0 Å². The number of nitrogens with zero attached hydrogens (tertiary/aromatic N) is 12. The van der Waals surface area contributed by atoms with Gasteiger partial charge in [-0.3, -0.25) is 19.9 Å². The third-order valence-corrected chi connectivity index (χ3v) is 18.5. The Hall–Kier alpha value is -14.9. The van der Waals surface area contributed by atoms with Gasteiger partial charge in [-0.2, -0.15) is 0 Å². The predicted octanol–water partition coefficient (Wildman–Crippen LogP) is 22.8. The van der Waals surface area contributed by atoms with Crippen LogP contribution in [0.3, 0.4) is 0 Å². The van der Waals surface area contributed by atoms with Crippen molar-refractivity contribution in [1.29, 1.82) is 0 Å². The molecular weight excluding hydrogens is 1320 g/mol. The first-order chi connectivity index (χ1) is 53.5. The summed E-state index contributed by atoms with van der Waals surface area (Å²) in [6.07, 6.45) is 7.27. The molecule has 12 nitrogen and oxygen atoms in total. The quantitative estimate of drug-likeness (QED) is 0.0904. The predicted molar refractivity (Wildman–Crippen MR) is 433 cm³/mol. The maximum absolute atomic E-state index is 5.13. The van der Waals surface area contributed by atoms with Crippen LogP contribution in [0, 0.1) is 0 Å². The van der Waals surface area contributed by atoms with Crippen LogP contribution in [-0.4, -0.2) is 59.8 Å². The molecule has 0 unspecified atom stereocenters. The number of pyridine rings is 6. The van der Waals surface area contributed by atoms with Gasteiger partial charge in [0.2, 0.25) is 0 Å². The molecular formula is C96H64N12. The van der Waals surface area contributed by atoms with E-state index in [1.54, 1.807) is 12.4 Å². The second-order valence-corrected chi connectivity index (χ2v) is 25.6. The summed E-state index contributed by atoms with van der Waals surface area (Å²) in [6, 6.07) is 123. The molecule has 10 aromatic carbocycles. The molecule has 18 rings (SSSR count). The van der Waals surface area contributed by atoms with Gasteiger partial charge in [-0.25, -0.2) is 39.9 Å². The van der Waals surface area contributed by atoms with Gasteiger partial charge in [-0.1, -0.05) is 273 Å². The van der Waals surface area contributed by atoms with Gasteiger partial charge >= 0.3 is 0 Å². The van der Waals surface area contributed by atoms with Crippen LogP contribution in [0.25, 0.3) is 181 Å². The lowest BCUT2D eigenvalue weighted by atomic mass is 9.95. The van der Waals surface area contributed by atoms with Crippen LogP contribution in [0.15, 0.2) is 389 Å². The van der Waals surface area contributed by atoms with E-state index in [0.717, 1.165) is 146 Å². The van der Waals surface area contributed by atoms with Crippen molar-refractivity contribution < 1.29 is 0 Å². The number of hydrogen-bond acceptors (Lipinski definition) is 12. The first kappa shape index (κ1) is 66.4. The molecule has 108 heavy (non-hydrogen) atoms. The van der Waals surface area contributed by atoms with Crippen molar-refractivity contribution in [1.82, 2.24) is 59.8 Å². The van der Waals surface area contributed by atoms with Gasteiger partial charge < -0.3 is 0 Å². The molecule has 0 fully saturated rings. The molecule has 0 aliphatic rings. The van der Waals surface area contributed by atoms with E-state index in [9.17, 15) is 0 Å². The molecule has 508 valence electrons. The number of hydrogen-bond donors (Lipinski definition) is 0. The average molecular weight is 1390 g/mol. The van der Waals surface area contributed by atoms with Crippen molar-refractivity contribution in [2.24, 2.45) is 0 Å². The van der Waals surface area contributed by atoms with Crippen molar-refractivity contribution in [2.75, 3.05) is 0 Å². The van der Waals surface area contributed by atoms with E-state index in [1.807, 2.05) is 219 Å². The van der Waals surface area contributed by atoms with E-state index < -0.39 is 0 Å². The Morgan fingerprint density at radius 1 is 0.130 bits per heavy atom. The van der Waals surface area contributed by atoms with Crippen molar-refractivity contribution in [3.8, 4) is 181 Å². The van der Waals surface area contributed by atoms with Gasteiger partial charge in [0.05, 0.1) is 45.6 Å². The summed E-state index contributed by atoms with van der Waals surface area (Å²) in [5.41, 5.74) is 24.6. The standard InChI is InChI=1S/2C48H32N6/c1-4-15-33(16-5-1)40-31-43(42-26-10-11-27-49-42)51-44(32-40)45-41(25-14-28-50-45)38-23-12-21-36(29-38)37-22-13-24-39(30-37)48-53-46(34-17-6-2-7-18-34)52-47(54-48)35-19-8-3-9-20-35;1-4-14-33(15-5-1)41-31-44(42-24-10-11-26-49-42)51-45(32-41)43-30-39(25-27-50-43)37-21-12-20-36(28-37)38-22-13-23-40(29-38)48-53-46(34-16-6-2-7-17-34)52-47(54-48)35-18-8-3-9-19-35/h2*1-32H. The van der Waals surface area contributed by atoms with Gasteiger partial charge in [0.15, 0.2) is 34.9 Å². The van der Waals surface area contributed by atoms with Gasteiger partial charge in [-0.15, -0.1) is 0 Å². The zero-order chi connectivity index (χ0) is 72.2. The highest BCUT2D eigenvalue weighted by Gasteiger charge is 2.20. The maximum Gasteiger partial charge on any atom is 0.164 e. The molecule has 0 spiro atoms. The Balaban J connectivity index is 0.000000158. The fourth-order valence-corrected chi connectivity index (χ4v) is 13.1. The summed E-state index contributed by atoms with van der Waals surface area (Å²) in [6.45, 7) is 0. The highest BCUT2D eigenvalue weighted by molar-refractivity contribution is 5.86. The summed E-state index contributed by atoms with van der Waals surface area (Å²) in [4.78, 5) is 58.6. The molecule has 0 saturated heterocycles. The highest BCUT2D eigenvalue weighted by Crippen LogP contribution is 2.39. The number of rotatable bonds is 16. The van der Waals surface area contributed by atoms with Crippen molar-refractivity contribution in [2.45, 2.75) is 0 Å². The van der Waals surface area contributed by atoms with E-state index in [1.165, 1.54) is 0 Å². The van der Waals surface area contributed by atoms with Crippen LogP contribution in [0.5, 0.6) is 0 Å². The molecule has 0 saturated carbocycles. The van der Waals surface area contributed by atoms with Gasteiger partial charge in [0, 0.05) is 63.7 Å². The third-order valence-electron chi connectivity index (χ3n) is 18.5. The van der Waals surface area contributed by atoms with Crippen molar-refractivity contribution >= 4 is 0 Å². The molecule has 8 heterocycles. The fraction of sp³-hybridized carbons (Fsp3) is 0. The lowest BCUT2D eigenvalue weighted by Crippen LogP contribution is -2.00. The Bertz CT molecular complexity index is 5740. The zero-order valence-electron chi connectivity index (χ0n) is 58.3. The van der Waals surface area contributed by atoms with Crippen LogP contribution in [0.4, 0.5) is 0 Å². The van der Waals surface area contributed by atoms with E-state index in [4.69, 9.17) is 49.8 Å². The summed E-state index contributed by atoms with van der Waals surface area (Å²) in [5.74, 6) is 3.77. The lowest BCUT2D eigenvalue weighted by molar-refractivity contribution is 1.07. The van der Waals surface area contributed by atoms with Gasteiger partial charge in [-0.05, 0) is 152 Å². The first-order valence-electron chi connectivity index (χ1n) is 35.5. The Morgan fingerprint density at radius 3 is 0.806 bits per heavy atom. The third kappa shape index (κ3) is 15.0. The molecule has 0 bridgehead atoms. The monoisotopic (exact) mass is 1380 g/mol. The summed E-state index contributed by atoms with van der Waals surface area (Å²) >= 11 is 0. The minimum atomic E-state index is 0.614. The molecule has 0 N–H and O–H groups in total. The van der Waals surface area contributed by atoms with Crippen molar-refractivity contribution in [3.63, 3.8) is 0 Å². The largest absolute Gasteiger partial charge is 0.255 e. The molecule has 8 aromatic heterocycles. The molecule has 0 atom stereocenters. The summed E-state index contributed by atoms with van der Waals surface area (Å²) in [5, 5.41) is 0. The molecule has 0 radical (unpaired) electrons. The second kappa shape index (κ2) is 31.0. The topological polar surface area (TPSA) is 155 Å². The van der Waals surface area contributed by atoms with Gasteiger partial charge in [0.1, 0.15) is 0 Å². The van der Waals surface area contributed by atoms with E-state index in [2.05, 4.69) is 168 Å². The minimum absolute atomic E-state index is 0.614. The Labute approximate surface area is 625 Å². The van der Waals surface area contributed by atoms with E-state index in [0.29, 0.717) is 34.9 Å². The maximum atomic E-state index is 5.13. The Morgan fingerprint density at radius 2 is 0.407 bits per heavy atom. The molecule has 0 aliphatic heterocycles. The summed E-state index contributed by atoms with van der Waals surface area (Å²) < 4.78 is 0. The average Bonchev–Trinajstić information content (AvgIpc) is 0.792. The normalized spacial score (nSPS) is 11.0. The summed E-state index contributed by atoms with van der Waals surface area (Å²) in [7, 11) is 0. The smallest absolute Gasteiger partial charge is 0.164 e. The minimum Gasteiger partial charge on any atom is -0.255 e. The SMILES string of the molecule is c1ccc(-c2cc(-c3ccccn3)nc(-c3cc(-c4cccc(-c5cccc(-c6nc(-c7ccccc7)nc(-c7ccccc7)n6)c5)c4)ccn3)c2)cc1.c1ccc(-c2cc(-c3ccccn3)nc(-c3ncccc3-c3cccc(-c4cccc(-c5nc(-c6ccccc6)nc(-c6ccccc6)n5)c4)c3)c2)cc1.